The van der Waals surface area contributed by atoms with Gasteiger partial charge in [-0.25, -0.2) is 23.4 Å². The highest BCUT2D eigenvalue weighted by Crippen LogP contribution is 2.43. The number of hydrogen-bond acceptors (Lipinski definition) is 9. The number of aromatic nitrogens is 3. The van der Waals surface area contributed by atoms with Crippen LogP contribution in [0.25, 0.3) is 11.4 Å². The lowest BCUT2D eigenvalue weighted by atomic mass is 10.2. The highest BCUT2D eigenvalue weighted by molar-refractivity contribution is 8.00. The van der Waals surface area contributed by atoms with E-state index >= 15 is 0 Å². The summed E-state index contributed by atoms with van der Waals surface area (Å²) in [6.45, 7) is 6.24. The molecule has 0 spiro atoms. The summed E-state index contributed by atoms with van der Waals surface area (Å²) in [7, 11) is -3.13. The summed E-state index contributed by atoms with van der Waals surface area (Å²) in [6, 6.07) is 2.99. The quantitative estimate of drug-likeness (QED) is 0.567. The number of piperazine rings is 1. The van der Waals surface area contributed by atoms with Crippen molar-refractivity contribution in [1.82, 2.24) is 24.2 Å². The van der Waals surface area contributed by atoms with Gasteiger partial charge in [-0.3, -0.25) is 4.90 Å². The van der Waals surface area contributed by atoms with Crippen LogP contribution in [-0.4, -0.2) is 103 Å². The number of morpholine rings is 1. The van der Waals surface area contributed by atoms with E-state index in [0.717, 1.165) is 55.6 Å². The molecule has 33 heavy (non-hydrogen) atoms. The van der Waals surface area contributed by atoms with E-state index in [1.807, 2.05) is 0 Å². The van der Waals surface area contributed by atoms with E-state index < -0.39 is 16.0 Å². The number of ether oxygens (including phenoxy) is 1. The molecule has 9 nitrogen and oxygen atoms in total. The molecule has 0 aliphatic carbocycles. The summed E-state index contributed by atoms with van der Waals surface area (Å²) in [6.07, 6.45) is 3.56. The summed E-state index contributed by atoms with van der Waals surface area (Å²) in [5, 5.41) is 0.320. The van der Waals surface area contributed by atoms with Crippen LogP contribution in [0.1, 0.15) is 5.69 Å². The zero-order valence-corrected chi connectivity index (χ0v) is 20.1. The second-order valence-electron chi connectivity index (χ2n) is 8.52. The predicted molar refractivity (Wildman–Crippen MR) is 124 cm³/mol. The predicted octanol–water partition coefficient (Wildman–Crippen LogP) is 1.11. The Kier molecular flexibility index (Phi) is 6.54. The Bertz CT molecular complexity index is 1100. The molecule has 2 fully saturated rings. The fraction of sp³-hybridized carbons (Fsp3) is 0.571. The molecule has 0 bridgehead atoms. The Hall–Kier alpha value is -1.86. The summed E-state index contributed by atoms with van der Waals surface area (Å²) >= 11 is 1.81. The normalized spacial score (nSPS) is 22.5. The maximum absolute atomic E-state index is 13.3. The van der Waals surface area contributed by atoms with Crippen molar-refractivity contribution in [2.45, 2.75) is 16.6 Å². The first kappa shape index (κ1) is 22.9. The van der Waals surface area contributed by atoms with E-state index in [1.165, 1.54) is 18.5 Å². The van der Waals surface area contributed by atoms with Crippen molar-refractivity contribution in [1.29, 1.82) is 0 Å². The van der Waals surface area contributed by atoms with Gasteiger partial charge >= 0.3 is 0 Å². The summed E-state index contributed by atoms with van der Waals surface area (Å²) in [4.78, 5) is 19.2. The van der Waals surface area contributed by atoms with E-state index in [-0.39, 0.29) is 0 Å². The van der Waals surface area contributed by atoms with Crippen molar-refractivity contribution in [3.8, 4) is 11.4 Å². The zero-order valence-electron chi connectivity index (χ0n) is 18.5. The van der Waals surface area contributed by atoms with Crippen LogP contribution in [0.2, 0.25) is 0 Å². The summed E-state index contributed by atoms with van der Waals surface area (Å²) < 4.78 is 44.0. The lowest BCUT2D eigenvalue weighted by Crippen LogP contribution is -2.49. The molecule has 12 heteroatoms. The molecule has 1 atom stereocenters. The molecule has 0 saturated carbocycles. The van der Waals surface area contributed by atoms with Crippen molar-refractivity contribution >= 4 is 27.6 Å². The second-order valence-corrected chi connectivity index (χ2v) is 11.8. The van der Waals surface area contributed by atoms with Gasteiger partial charge in [-0.1, -0.05) is 0 Å². The monoisotopic (exact) mass is 494 g/mol. The van der Waals surface area contributed by atoms with Gasteiger partial charge in [-0.2, -0.15) is 8.70 Å². The maximum atomic E-state index is 13.3. The van der Waals surface area contributed by atoms with E-state index in [0.29, 0.717) is 42.9 Å². The molecule has 0 amide bonds. The zero-order chi connectivity index (χ0) is 23.0. The third-order valence-corrected chi connectivity index (χ3v) is 8.79. The van der Waals surface area contributed by atoms with Crippen molar-refractivity contribution in [2.24, 2.45) is 0 Å². The highest BCUT2D eigenvalue weighted by Gasteiger charge is 2.33. The Morgan fingerprint density at radius 2 is 1.88 bits per heavy atom. The minimum absolute atomic E-state index is 0.320. The lowest BCUT2D eigenvalue weighted by molar-refractivity contribution is 0.122. The van der Waals surface area contributed by atoms with E-state index in [2.05, 4.69) is 14.8 Å². The first-order chi connectivity index (χ1) is 15.9. The molecule has 3 aliphatic rings. The SMILES string of the molecule is CS(=O)(=O)N1CCN(CC2Cc3nc(-c4ccc(F)nc4)nc(N4CCOCC4)c3S2)CC1. The van der Waals surface area contributed by atoms with E-state index in [1.54, 1.807) is 22.1 Å². The molecule has 1 unspecified atom stereocenters. The van der Waals surface area contributed by atoms with Gasteiger partial charge in [-0.05, 0) is 12.1 Å². The Balaban J connectivity index is 1.36. The largest absolute Gasteiger partial charge is 0.378 e. The molecule has 3 aliphatic heterocycles. The number of thioether (sulfide) groups is 1. The fourth-order valence-corrected chi connectivity index (χ4v) is 6.66. The van der Waals surface area contributed by atoms with Crippen molar-refractivity contribution in [2.75, 3.05) is 70.2 Å². The van der Waals surface area contributed by atoms with Crippen LogP contribution in [0.3, 0.4) is 0 Å². The molecule has 5 rings (SSSR count). The molecular formula is C21H27FN6O3S2. The molecule has 2 aromatic heterocycles. The van der Waals surface area contributed by atoms with Gasteiger partial charge < -0.3 is 9.64 Å². The molecular weight excluding hydrogens is 467 g/mol. The topological polar surface area (TPSA) is 91.8 Å². The Labute approximate surface area is 197 Å². The van der Waals surface area contributed by atoms with Crippen molar-refractivity contribution in [3.63, 3.8) is 0 Å². The van der Waals surface area contributed by atoms with Gasteiger partial charge in [0.1, 0.15) is 5.82 Å². The number of anilines is 1. The van der Waals surface area contributed by atoms with Gasteiger partial charge in [0.05, 0.1) is 30.1 Å². The van der Waals surface area contributed by atoms with Crippen LogP contribution in [0.5, 0.6) is 0 Å². The van der Waals surface area contributed by atoms with Crippen LogP contribution >= 0.6 is 11.8 Å². The third-order valence-electron chi connectivity index (χ3n) is 6.18. The third kappa shape index (κ3) is 5.14. The highest BCUT2D eigenvalue weighted by atomic mass is 32.2. The molecule has 5 heterocycles. The van der Waals surface area contributed by atoms with Gasteiger partial charge in [0, 0.05) is 69.2 Å². The lowest BCUT2D eigenvalue weighted by Gasteiger charge is -2.34. The average Bonchev–Trinajstić information content (AvgIpc) is 3.21. The molecule has 178 valence electrons. The minimum atomic E-state index is -3.13. The number of sulfonamides is 1. The van der Waals surface area contributed by atoms with Gasteiger partial charge in [0.2, 0.25) is 16.0 Å². The number of rotatable bonds is 5. The fourth-order valence-electron chi connectivity index (χ4n) is 4.43. The van der Waals surface area contributed by atoms with Gasteiger partial charge in [-0.15, -0.1) is 11.8 Å². The van der Waals surface area contributed by atoms with Crippen molar-refractivity contribution in [3.05, 3.63) is 30.0 Å². The van der Waals surface area contributed by atoms with Crippen LogP contribution in [0.4, 0.5) is 10.2 Å². The first-order valence-corrected chi connectivity index (χ1v) is 13.8. The molecule has 0 N–H and O–H groups in total. The first-order valence-electron chi connectivity index (χ1n) is 11.1. The maximum Gasteiger partial charge on any atom is 0.212 e. The molecule has 0 aromatic carbocycles. The van der Waals surface area contributed by atoms with Gasteiger partial charge in [0.15, 0.2) is 5.82 Å². The van der Waals surface area contributed by atoms with E-state index in [9.17, 15) is 12.8 Å². The van der Waals surface area contributed by atoms with E-state index in [4.69, 9.17) is 14.7 Å². The Morgan fingerprint density at radius 1 is 1.12 bits per heavy atom. The summed E-state index contributed by atoms with van der Waals surface area (Å²) in [5.41, 5.74) is 1.70. The Morgan fingerprint density at radius 3 is 2.55 bits per heavy atom. The molecule has 2 aromatic rings. The number of nitrogens with zero attached hydrogens (tertiary/aromatic N) is 6. The number of halogens is 1. The van der Waals surface area contributed by atoms with Crippen molar-refractivity contribution < 1.29 is 17.5 Å². The number of pyridine rings is 1. The van der Waals surface area contributed by atoms with Crippen LogP contribution in [-0.2, 0) is 21.2 Å². The van der Waals surface area contributed by atoms with Crippen LogP contribution in [0.15, 0.2) is 23.2 Å². The standard InChI is InChI=1S/C21H27FN6O3S2/c1-33(29,30)28-6-4-26(5-7-28)14-16-12-17-19(32-16)21(27-8-10-31-11-9-27)25-20(24-17)15-2-3-18(22)23-13-15/h2-3,13,16H,4-12,14H2,1H3. The van der Waals surface area contributed by atoms with Crippen LogP contribution < -0.4 is 4.90 Å². The second kappa shape index (κ2) is 9.41. The number of hydrogen-bond donors (Lipinski definition) is 0. The summed E-state index contributed by atoms with van der Waals surface area (Å²) in [5.74, 6) is 0.947. The average molecular weight is 495 g/mol. The molecule has 0 radical (unpaired) electrons. The molecule has 2 saturated heterocycles. The number of fused-ring (bicyclic) bond motifs is 1. The van der Waals surface area contributed by atoms with Crippen LogP contribution in [0, 0.1) is 5.95 Å². The smallest absolute Gasteiger partial charge is 0.212 e. The minimum Gasteiger partial charge on any atom is -0.378 e. The van der Waals surface area contributed by atoms with Gasteiger partial charge in [0.25, 0.3) is 0 Å².